The van der Waals surface area contributed by atoms with Gasteiger partial charge in [-0.2, -0.15) is 0 Å². The van der Waals surface area contributed by atoms with Gasteiger partial charge in [0.05, 0.1) is 5.25 Å². The molecule has 0 bridgehead atoms. The van der Waals surface area contributed by atoms with Gasteiger partial charge in [-0.05, 0) is 56.9 Å². The first-order valence-electron chi connectivity index (χ1n) is 11.2. The topological polar surface area (TPSA) is 61.4 Å². The largest absolute Gasteiger partial charge is 0.311 e. The highest BCUT2D eigenvalue weighted by Gasteiger charge is 2.45. The van der Waals surface area contributed by atoms with E-state index in [1.807, 2.05) is 6.08 Å². The van der Waals surface area contributed by atoms with E-state index in [9.17, 15) is 17.2 Å². The summed E-state index contributed by atoms with van der Waals surface area (Å²) in [6.45, 7) is 4.17. The van der Waals surface area contributed by atoms with Crippen molar-refractivity contribution >= 4 is 10.0 Å². The van der Waals surface area contributed by atoms with Crippen molar-refractivity contribution in [2.45, 2.75) is 81.2 Å². The monoisotopic (exact) mass is 431 g/mol. The standard InChI is InChI=1S/C21H35F2N3O2S/c1-14-11-17(29(27,28)24-2)3-4-20(14)26-10-7-18-16(13-26)12-19(25-18)15-5-8-21(22,23)9-6-15/h3-4,14-20,24-25H,5-13H2,1-2H3. The third-order valence-corrected chi connectivity index (χ3v) is 9.61. The Balaban J connectivity index is 1.35. The number of halogens is 2. The van der Waals surface area contributed by atoms with Crippen LogP contribution < -0.4 is 10.0 Å². The minimum Gasteiger partial charge on any atom is -0.311 e. The summed E-state index contributed by atoms with van der Waals surface area (Å²) in [5, 5.41) is 3.34. The smallest absolute Gasteiger partial charge is 0.248 e. The quantitative estimate of drug-likeness (QED) is 0.672. The number of hydrogen-bond donors (Lipinski definition) is 2. The van der Waals surface area contributed by atoms with E-state index >= 15 is 0 Å². The van der Waals surface area contributed by atoms with Crippen LogP contribution in [0.5, 0.6) is 0 Å². The lowest BCUT2D eigenvalue weighted by Crippen LogP contribution is -2.51. The second-order valence-corrected chi connectivity index (χ2v) is 11.8. The summed E-state index contributed by atoms with van der Waals surface area (Å²) in [5.74, 6) is -1.22. The van der Waals surface area contributed by atoms with E-state index in [-0.39, 0.29) is 24.8 Å². The molecular weight excluding hydrogens is 396 g/mol. The molecule has 2 aliphatic heterocycles. The molecule has 0 aromatic rings. The van der Waals surface area contributed by atoms with Gasteiger partial charge in [-0.15, -0.1) is 0 Å². The molecule has 4 aliphatic rings. The number of piperidine rings is 1. The molecule has 166 valence electrons. The molecule has 4 rings (SSSR count). The van der Waals surface area contributed by atoms with E-state index in [0.717, 1.165) is 25.9 Å². The third kappa shape index (κ3) is 4.55. The maximum atomic E-state index is 13.5. The highest BCUT2D eigenvalue weighted by atomic mass is 32.2. The Morgan fingerprint density at radius 2 is 1.79 bits per heavy atom. The van der Waals surface area contributed by atoms with Gasteiger partial charge in [0.25, 0.3) is 0 Å². The number of alkyl halides is 2. The summed E-state index contributed by atoms with van der Waals surface area (Å²) in [6, 6.07) is 1.16. The van der Waals surface area contributed by atoms with Crippen molar-refractivity contribution in [1.82, 2.24) is 14.9 Å². The van der Waals surface area contributed by atoms with E-state index in [1.165, 1.54) is 7.05 Å². The van der Waals surface area contributed by atoms with E-state index in [1.54, 1.807) is 0 Å². The molecule has 3 fully saturated rings. The molecule has 5 nitrogen and oxygen atoms in total. The first kappa shape index (κ1) is 21.7. The molecule has 29 heavy (non-hydrogen) atoms. The van der Waals surface area contributed by atoms with E-state index in [0.29, 0.717) is 43.2 Å². The number of nitrogens with one attached hydrogen (secondary N) is 2. The average molecular weight is 432 g/mol. The van der Waals surface area contributed by atoms with Crippen molar-refractivity contribution in [3.8, 4) is 0 Å². The van der Waals surface area contributed by atoms with Crippen molar-refractivity contribution in [2.24, 2.45) is 17.8 Å². The molecule has 2 saturated heterocycles. The highest BCUT2D eigenvalue weighted by molar-refractivity contribution is 7.90. The summed E-state index contributed by atoms with van der Waals surface area (Å²) in [4.78, 5) is 2.52. The average Bonchev–Trinajstić information content (AvgIpc) is 3.11. The zero-order valence-electron chi connectivity index (χ0n) is 17.5. The van der Waals surface area contributed by atoms with Crippen LogP contribution in [0, 0.1) is 17.8 Å². The predicted octanol–water partition coefficient (Wildman–Crippen LogP) is 2.75. The molecule has 0 radical (unpaired) electrons. The SMILES string of the molecule is CNS(=O)(=O)C1C=CC(N2CCC3NC(C4CCC(F)(F)CC4)CC3C2)C(C)C1. The minimum atomic E-state index is -3.27. The summed E-state index contributed by atoms with van der Waals surface area (Å²) in [6.07, 6.45) is 8.12. The Labute approximate surface area is 173 Å². The van der Waals surface area contributed by atoms with E-state index < -0.39 is 21.2 Å². The first-order chi connectivity index (χ1) is 13.7. The Kier molecular flexibility index (Phi) is 6.10. The van der Waals surface area contributed by atoms with Crippen LogP contribution in [0.15, 0.2) is 12.2 Å². The number of hydrogen-bond acceptors (Lipinski definition) is 4. The zero-order valence-corrected chi connectivity index (χ0v) is 18.3. The molecule has 6 atom stereocenters. The Hall–Kier alpha value is -0.570. The molecule has 1 saturated carbocycles. The predicted molar refractivity (Wildman–Crippen MR) is 110 cm³/mol. The Morgan fingerprint density at radius 1 is 1.07 bits per heavy atom. The molecule has 2 N–H and O–H groups in total. The van der Waals surface area contributed by atoms with Crippen molar-refractivity contribution in [2.75, 3.05) is 20.1 Å². The van der Waals surface area contributed by atoms with Crippen LogP contribution >= 0.6 is 0 Å². The van der Waals surface area contributed by atoms with Gasteiger partial charge in [0, 0.05) is 44.1 Å². The van der Waals surface area contributed by atoms with Gasteiger partial charge in [0.1, 0.15) is 0 Å². The number of fused-ring (bicyclic) bond motifs is 1. The van der Waals surface area contributed by atoms with Gasteiger partial charge >= 0.3 is 0 Å². The second-order valence-electron chi connectivity index (χ2n) is 9.73. The van der Waals surface area contributed by atoms with Crippen LogP contribution in [0.1, 0.15) is 51.9 Å². The normalized spacial score (nSPS) is 41.4. The molecule has 0 aromatic heterocycles. The Morgan fingerprint density at radius 3 is 2.45 bits per heavy atom. The molecule has 0 amide bonds. The molecular formula is C21H35F2N3O2S. The summed E-state index contributed by atoms with van der Waals surface area (Å²) < 4.78 is 53.7. The van der Waals surface area contributed by atoms with Crippen LogP contribution in [-0.4, -0.2) is 62.8 Å². The first-order valence-corrected chi connectivity index (χ1v) is 12.7. The van der Waals surface area contributed by atoms with Crippen molar-refractivity contribution in [3.63, 3.8) is 0 Å². The fourth-order valence-corrected chi connectivity index (χ4v) is 7.28. The van der Waals surface area contributed by atoms with Gasteiger partial charge in [0.15, 0.2) is 0 Å². The van der Waals surface area contributed by atoms with Gasteiger partial charge in [-0.1, -0.05) is 19.1 Å². The zero-order chi connectivity index (χ0) is 20.8. The number of likely N-dealkylation sites (tertiary alicyclic amines) is 1. The molecule has 6 unspecified atom stereocenters. The van der Waals surface area contributed by atoms with Crippen molar-refractivity contribution < 1.29 is 17.2 Å². The van der Waals surface area contributed by atoms with Crippen LogP contribution in [0.2, 0.25) is 0 Å². The third-order valence-electron chi connectivity index (χ3n) is 7.90. The minimum absolute atomic E-state index is 0.0401. The van der Waals surface area contributed by atoms with Crippen molar-refractivity contribution in [1.29, 1.82) is 0 Å². The van der Waals surface area contributed by atoms with Crippen LogP contribution in [-0.2, 0) is 10.0 Å². The molecule has 8 heteroatoms. The van der Waals surface area contributed by atoms with Crippen LogP contribution in [0.3, 0.4) is 0 Å². The molecule has 0 aromatic carbocycles. The number of rotatable bonds is 4. The fourth-order valence-electron chi connectivity index (χ4n) is 6.13. The van der Waals surface area contributed by atoms with Gasteiger partial charge in [0.2, 0.25) is 15.9 Å². The maximum Gasteiger partial charge on any atom is 0.248 e. The highest BCUT2D eigenvalue weighted by Crippen LogP contribution is 2.42. The molecule has 0 spiro atoms. The fraction of sp³-hybridized carbons (Fsp3) is 0.905. The van der Waals surface area contributed by atoms with Gasteiger partial charge in [-0.3, -0.25) is 4.90 Å². The summed E-state index contributed by atoms with van der Waals surface area (Å²) in [7, 11) is -1.80. The number of sulfonamides is 1. The lowest BCUT2D eigenvalue weighted by Gasteiger charge is -2.43. The summed E-state index contributed by atoms with van der Waals surface area (Å²) >= 11 is 0. The van der Waals surface area contributed by atoms with Crippen LogP contribution in [0.25, 0.3) is 0 Å². The second kappa shape index (κ2) is 8.17. The molecule has 2 heterocycles. The lowest BCUT2D eigenvalue weighted by atomic mass is 9.80. The lowest BCUT2D eigenvalue weighted by molar-refractivity contribution is -0.0490. The number of nitrogens with zero attached hydrogens (tertiary/aromatic N) is 1. The van der Waals surface area contributed by atoms with Crippen molar-refractivity contribution in [3.05, 3.63) is 12.2 Å². The molecule has 2 aliphatic carbocycles. The van der Waals surface area contributed by atoms with Crippen LogP contribution in [0.4, 0.5) is 8.78 Å². The van der Waals surface area contributed by atoms with E-state index in [4.69, 9.17) is 0 Å². The summed E-state index contributed by atoms with van der Waals surface area (Å²) in [5.41, 5.74) is 0. The maximum absolute atomic E-state index is 13.5. The van der Waals surface area contributed by atoms with E-state index in [2.05, 4.69) is 27.9 Å². The Bertz CT molecular complexity index is 719. The van der Waals surface area contributed by atoms with Gasteiger partial charge in [-0.25, -0.2) is 21.9 Å². The van der Waals surface area contributed by atoms with Gasteiger partial charge < -0.3 is 5.32 Å².